The molecule has 4 nitrogen and oxygen atoms in total. The van der Waals surface area contributed by atoms with Gasteiger partial charge in [-0.15, -0.1) is 0 Å². The molecule has 0 spiro atoms. The molecule has 0 fully saturated rings. The molecule has 0 aliphatic carbocycles. The molecule has 0 saturated heterocycles. The van der Waals surface area contributed by atoms with Crippen LogP contribution in [0.2, 0.25) is 0 Å². The lowest BCUT2D eigenvalue weighted by Gasteiger charge is -2.35. The third-order valence-electron chi connectivity index (χ3n) is 4.13. The molecule has 128 valence electrons. The zero-order valence-corrected chi connectivity index (χ0v) is 14.6. The fraction of sp³-hybridized carbons (Fsp3) is 0.350. The number of ether oxygens (including phenoxy) is 1. The Balaban J connectivity index is 2.32. The second-order valence-corrected chi connectivity index (χ2v) is 5.90. The predicted octanol–water partition coefficient (Wildman–Crippen LogP) is 2.86. The number of benzene rings is 2. The van der Waals surface area contributed by atoms with E-state index >= 15 is 0 Å². The summed E-state index contributed by atoms with van der Waals surface area (Å²) in [5.41, 5.74) is 2.44. The SMILES string of the molecule is CNC[C@@H](COC(C)=O)N(C)C(c1ccccc1)c1ccccc1. The molecule has 0 aliphatic rings. The van der Waals surface area contributed by atoms with Crippen LogP contribution >= 0.6 is 0 Å². The number of carbonyl (C=O) groups is 1. The maximum atomic E-state index is 11.2. The van der Waals surface area contributed by atoms with Crippen molar-refractivity contribution in [1.82, 2.24) is 10.2 Å². The maximum absolute atomic E-state index is 11.2. The van der Waals surface area contributed by atoms with Gasteiger partial charge in [-0.25, -0.2) is 0 Å². The summed E-state index contributed by atoms with van der Waals surface area (Å²) in [7, 11) is 3.99. The largest absolute Gasteiger partial charge is 0.464 e. The standard InChI is InChI=1S/C20H26N2O2/c1-16(23)24-15-19(14-21-2)22(3)20(17-10-6-4-7-11-17)18-12-8-5-9-13-18/h4-13,19-21H,14-15H2,1-3H3/t19-/m0/s1. The van der Waals surface area contributed by atoms with Crippen LogP contribution in [0.1, 0.15) is 24.1 Å². The second kappa shape index (κ2) is 9.21. The van der Waals surface area contributed by atoms with E-state index in [2.05, 4.69) is 65.8 Å². The van der Waals surface area contributed by atoms with E-state index in [1.165, 1.54) is 18.1 Å². The summed E-state index contributed by atoms with van der Waals surface area (Å²) in [5.74, 6) is -0.250. The van der Waals surface area contributed by atoms with Crippen molar-refractivity contribution in [3.63, 3.8) is 0 Å². The fourth-order valence-electron chi connectivity index (χ4n) is 2.91. The zero-order valence-electron chi connectivity index (χ0n) is 14.6. The first-order valence-corrected chi connectivity index (χ1v) is 8.23. The van der Waals surface area contributed by atoms with Gasteiger partial charge in [0.2, 0.25) is 0 Å². The first-order chi connectivity index (χ1) is 11.6. The highest BCUT2D eigenvalue weighted by molar-refractivity contribution is 5.65. The Morgan fingerprint density at radius 1 is 1.04 bits per heavy atom. The van der Waals surface area contributed by atoms with Crippen LogP contribution in [0.25, 0.3) is 0 Å². The van der Waals surface area contributed by atoms with Crippen molar-refractivity contribution >= 4 is 5.97 Å². The normalized spacial score (nSPS) is 12.4. The van der Waals surface area contributed by atoms with Gasteiger partial charge in [-0.05, 0) is 25.2 Å². The van der Waals surface area contributed by atoms with Gasteiger partial charge in [0, 0.05) is 13.5 Å². The number of carbonyl (C=O) groups excluding carboxylic acids is 1. The Bertz CT molecular complexity index is 577. The van der Waals surface area contributed by atoms with Crippen LogP contribution in [0.5, 0.6) is 0 Å². The number of rotatable bonds is 8. The van der Waals surface area contributed by atoms with Crippen LogP contribution in [0.4, 0.5) is 0 Å². The molecule has 2 aromatic rings. The van der Waals surface area contributed by atoms with Gasteiger partial charge in [0.15, 0.2) is 0 Å². The molecular weight excluding hydrogens is 300 g/mol. The predicted molar refractivity (Wildman–Crippen MR) is 96.8 cm³/mol. The molecule has 0 bridgehead atoms. The third kappa shape index (κ3) is 4.91. The maximum Gasteiger partial charge on any atom is 0.302 e. The Morgan fingerprint density at radius 2 is 1.54 bits per heavy atom. The summed E-state index contributed by atoms with van der Waals surface area (Å²) < 4.78 is 5.28. The van der Waals surface area contributed by atoms with Gasteiger partial charge in [0.05, 0.1) is 12.1 Å². The number of esters is 1. The lowest BCUT2D eigenvalue weighted by atomic mass is 9.96. The Hall–Kier alpha value is -2.17. The molecule has 2 rings (SSSR count). The first-order valence-electron chi connectivity index (χ1n) is 8.23. The molecule has 0 amide bonds. The van der Waals surface area contributed by atoms with E-state index in [0.29, 0.717) is 6.61 Å². The van der Waals surface area contributed by atoms with Gasteiger partial charge in [-0.1, -0.05) is 60.7 Å². The highest BCUT2D eigenvalue weighted by atomic mass is 16.5. The van der Waals surface area contributed by atoms with Crippen LogP contribution in [-0.2, 0) is 9.53 Å². The molecule has 4 heteroatoms. The molecule has 0 saturated carbocycles. The third-order valence-corrected chi connectivity index (χ3v) is 4.13. The summed E-state index contributed by atoms with van der Waals surface area (Å²) in [5, 5.41) is 3.20. The summed E-state index contributed by atoms with van der Waals surface area (Å²) in [6, 6.07) is 21.0. The number of hydrogen-bond donors (Lipinski definition) is 1. The smallest absolute Gasteiger partial charge is 0.302 e. The lowest BCUT2D eigenvalue weighted by molar-refractivity contribution is -0.142. The van der Waals surface area contributed by atoms with Crippen LogP contribution in [-0.4, -0.2) is 44.2 Å². The number of nitrogens with one attached hydrogen (secondary N) is 1. The number of likely N-dealkylation sites (N-methyl/N-ethyl adjacent to an activating group) is 2. The van der Waals surface area contributed by atoms with Gasteiger partial charge < -0.3 is 10.1 Å². The van der Waals surface area contributed by atoms with Crippen molar-refractivity contribution in [2.24, 2.45) is 0 Å². The Kier molecular flexibility index (Phi) is 6.97. The van der Waals surface area contributed by atoms with E-state index in [9.17, 15) is 4.79 Å². The second-order valence-electron chi connectivity index (χ2n) is 5.90. The number of nitrogens with zero attached hydrogens (tertiary/aromatic N) is 1. The Morgan fingerprint density at radius 3 is 1.96 bits per heavy atom. The molecule has 1 atom stereocenters. The van der Waals surface area contributed by atoms with Crippen LogP contribution < -0.4 is 5.32 Å². The molecule has 0 aromatic heterocycles. The van der Waals surface area contributed by atoms with Crippen LogP contribution in [0, 0.1) is 0 Å². The van der Waals surface area contributed by atoms with Gasteiger partial charge in [-0.2, -0.15) is 0 Å². The van der Waals surface area contributed by atoms with Crippen molar-refractivity contribution in [2.75, 3.05) is 27.2 Å². The highest BCUT2D eigenvalue weighted by Crippen LogP contribution is 2.29. The van der Waals surface area contributed by atoms with Crippen molar-refractivity contribution in [3.8, 4) is 0 Å². The quantitative estimate of drug-likeness (QED) is 0.758. The topological polar surface area (TPSA) is 41.6 Å². The molecule has 24 heavy (non-hydrogen) atoms. The zero-order chi connectivity index (χ0) is 17.4. The van der Waals surface area contributed by atoms with Crippen molar-refractivity contribution in [2.45, 2.75) is 19.0 Å². The highest BCUT2D eigenvalue weighted by Gasteiger charge is 2.26. The van der Waals surface area contributed by atoms with Gasteiger partial charge in [0.25, 0.3) is 0 Å². The minimum absolute atomic E-state index is 0.0734. The average molecular weight is 326 g/mol. The molecule has 2 aromatic carbocycles. The average Bonchev–Trinajstić information content (AvgIpc) is 2.60. The van der Waals surface area contributed by atoms with Gasteiger partial charge in [0.1, 0.15) is 6.61 Å². The molecular formula is C20H26N2O2. The van der Waals surface area contributed by atoms with Gasteiger partial charge in [-0.3, -0.25) is 9.69 Å². The van der Waals surface area contributed by atoms with Crippen LogP contribution in [0.3, 0.4) is 0 Å². The van der Waals surface area contributed by atoms with Crippen LogP contribution in [0.15, 0.2) is 60.7 Å². The molecule has 0 heterocycles. The number of hydrogen-bond acceptors (Lipinski definition) is 4. The summed E-state index contributed by atoms with van der Waals surface area (Å²) in [6.45, 7) is 2.55. The van der Waals surface area contributed by atoms with Crippen molar-refractivity contribution in [3.05, 3.63) is 71.8 Å². The van der Waals surface area contributed by atoms with Crippen molar-refractivity contribution < 1.29 is 9.53 Å². The van der Waals surface area contributed by atoms with E-state index in [-0.39, 0.29) is 18.1 Å². The Labute approximate surface area is 144 Å². The van der Waals surface area contributed by atoms with Gasteiger partial charge >= 0.3 is 5.97 Å². The summed E-state index contributed by atoms with van der Waals surface area (Å²) in [4.78, 5) is 13.5. The monoisotopic (exact) mass is 326 g/mol. The van der Waals surface area contributed by atoms with Crippen molar-refractivity contribution in [1.29, 1.82) is 0 Å². The fourth-order valence-corrected chi connectivity index (χ4v) is 2.91. The van der Waals surface area contributed by atoms with E-state index in [1.54, 1.807) is 0 Å². The molecule has 0 radical (unpaired) electrons. The van der Waals surface area contributed by atoms with E-state index < -0.39 is 0 Å². The minimum Gasteiger partial charge on any atom is -0.464 e. The summed E-state index contributed by atoms with van der Waals surface area (Å²) in [6.07, 6.45) is 0. The first kappa shape index (κ1) is 18.2. The summed E-state index contributed by atoms with van der Waals surface area (Å²) >= 11 is 0. The van der Waals surface area contributed by atoms with E-state index in [1.807, 2.05) is 19.2 Å². The van der Waals surface area contributed by atoms with E-state index in [0.717, 1.165) is 6.54 Å². The lowest BCUT2D eigenvalue weighted by Crippen LogP contribution is -2.44. The molecule has 0 aliphatic heterocycles. The molecule has 1 N–H and O–H groups in total. The minimum atomic E-state index is -0.250. The van der Waals surface area contributed by atoms with E-state index in [4.69, 9.17) is 4.74 Å². The molecule has 0 unspecified atom stereocenters.